The van der Waals surface area contributed by atoms with E-state index >= 15 is 0 Å². The average molecular weight is 450 g/mol. The van der Waals surface area contributed by atoms with Gasteiger partial charge in [0, 0.05) is 35.8 Å². The van der Waals surface area contributed by atoms with Gasteiger partial charge in [0.05, 0.1) is 22.6 Å². The van der Waals surface area contributed by atoms with Crippen LogP contribution in [0.1, 0.15) is 30.7 Å². The van der Waals surface area contributed by atoms with Crippen molar-refractivity contribution in [3.63, 3.8) is 0 Å². The fraction of sp³-hybridized carbons (Fsp3) is 0.167. The molecule has 0 unspecified atom stereocenters. The maximum atomic E-state index is 13.9. The lowest BCUT2D eigenvalue weighted by Gasteiger charge is -2.41. The molecule has 3 heterocycles. The maximum Gasteiger partial charge on any atom is 0.161 e. The summed E-state index contributed by atoms with van der Waals surface area (Å²) in [6, 6.07) is 12.6. The average Bonchev–Trinajstić information content (AvgIpc) is 3.49. The topological polar surface area (TPSA) is 49.0 Å². The number of Topliss-reactive ketones (excluding diaryl/α,β-unsaturated/α-hetero) is 1. The van der Waals surface area contributed by atoms with Crippen molar-refractivity contribution in [2.75, 3.05) is 4.90 Å². The van der Waals surface area contributed by atoms with Crippen LogP contribution >= 0.6 is 22.9 Å². The second kappa shape index (κ2) is 7.84. The molecule has 1 aliphatic carbocycles. The largest absolute Gasteiger partial charge is 0.309 e. The number of nitriles is 1. The molecule has 0 saturated carbocycles. The van der Waals surface area contributed by atoms with Crippen LogP contribution in [0.4, 0.5) is 10.1 Å². The molecule has 4 nitrogen and oxygen atoms in total. The Bertz CT molecular complexity index is 1270. The Hall–Kier alpha value is -3.14. The first-order valence-electron chi connectivity index (χ1n) is 9.91. The zero-order valence-corrected chi connectivity index (χ0v) is 18.0. The van der Waals surface area contributed by atoms with E-state index in [2.05, 4.69) is 6.07 Å². The van der Waals surface area contributed by atoms with Crippen LogP contribution in [0.2, 0.25) is 5.02 Å². The summed E-state index contributed by atoms with van der Waals surface area (Å²) in [5, 5.41) is 14.2. The van der Waals surface area contributed by atoms with Crippen molar-refractivity contribution in [1.29, 1.82) is 5.26 Å². The first kappa shape index (κ1) is 19.8. The number of rotatable bonds is 3. The number of hydrogen-bond acceptors (Lipinski definition) is 4. The highest BCUT2D eigenvalue weighted by Gasteiger charge is 2.41. The molecule has 0 saturated heterocycles. The van der Waals surface area contributed by atoms with E-state index < -0.39 is 11.7 Å². The summed E-state index contributed by atoms with van der Waals surface area (Å²) in [7, 11) is 0. The number of aromatic nitrogens is 1. The quantitative estimate of drug-likeness (QED) is 0.468. The minimum absolute atomic E-state index is 0.00731. The lowest BCUT2D eigenvalue weighted by Crippen LogP contribution is -2.36. The van der Waals surface area contributed by atoms with Crippen molar-refractivity contribution in [1.82, 2.24) is 4.57 Å². The molecule has 0 radical (unpaired) electrons. The highest BCUT2D eigenvalue weighted by Crippen LogP contribution is 2.49. The third-order valence-corrected chi connectivity index (χ3v) is 6.73. The molecule has 1 atom stereocenters. The molecule has 1 aromatic carbocycles. The molecule has 1 aliphatic heterocycles. The Morgan fingerprint density at radius 1 is 1.19 bits per heavy atom. The van der Waals surface area contributed by atoms with E-state index in [1.807, 2.05) is 50.8 Å². The first-order valence-corrected chi connectivity index (χ1v) is 11.2. The number of carbonyl (C=O) groups excluding carboxylic acids is 1. The van der Waals surface area contributed by atoms with E-state index in [1.165, 1.54) is 6.07 Å². The van der Waals surface area contributed by atoms with E-state index in [-0.39, 0.29) is 10.8 Å². The van der Waals surface area contributed by atoms with E-state index in [0.717, 1.165) is 17.7 Å². The fourth-order valence-corrected chi connectivity index (χ4v) is 5.31. The predicted octanol–water partition coefficient (Wildman–Crippen LogP) is 6.35. The first-order chi connectivity index (χ1) is 15.1. The van der Waals surface area contributed by atoms with Gasteiger partial charge in [-0.1, -0.05) is 11.6 Å². The van der Waals surface area contributed by atoms with Gasteiger partial charge in [0.15, 0.2) is 5.78 Å². The zero-order valence-electron chi connectivity index (χ0n) is 16.4. The Morgan fingerprint density at radius 2 is 2.00 bits per heavy atom. The molecule has 2 aromatic heterocycles. The number of benzene rings is 1. The standard InChI is InChI=1S/C24H17ClFN3OS/c25-18-12-16(6-7-19(18)26)29-20-4-3-5-21(30)23(20)22(15-8-11-31-14-15)17(13-27)24(29)28-9-1-2-10-28/h1-2,6-12,14,22H,3-5H2/t22-/m0/s1. The van der Waals surface area contributed by atoms with Gasteiger partial charge in [-0.05, 0) is 65.6 Å². The Balaban J connectivity index is 1.85. The minimum atomic E-state index is -0.514. The molecule has 7 heteroatoms. The van der Waals surface area contributed by atoms with Gasteiger partial charge in [-0.2, -0.15) is 16.6 Å². The SMILES string of the molecule is N#CC1=C(n2cccc2)N(c2ccc(F)c(Cl)c2)C2=C(C(=O)CCC2)[C@H]1c1ccsc1. The number of halogens is 2. The number of hydrogen-bond donors (Lipinski definition) is 0. The van der Waals surface area contributed by atoms with Crippen LogP contribution < -0.4 is 4.90 Å². The molecule has 0 N–H and O–H groups in total. The van der Waals surface area contributed by atoms with Crippen molar-refractivity contribution >= 4 is 40.2 Å². The zero-order chi connectivity index (χ0) is 21.5. The molecule has 0 bridgehead atoms. The van der Waals surface area contributed by atoms with E-state index in [9.17, 15) is 14.4 Å². The monoisotopic (exact) mass is 449 g/mol. The Kier molecular flexibility index (Phi) is 5.01. The van der Waals surface area contributed by atoms with Crippen LogP contribution in [0.15, 0.2) is 76.4 Å². The summed E-state index contributed by atoms with van der Waals surface area (Å²) >= 11 is 7.66. The van der Waals surface area contributed by atoms with Gasteiger partial charge in [0.25, 0.3) is 0 Å². The number of ketones is 1. The predicted molar refractivity (Wildman–Crippen MR) is 120 cm³/mol. The van der Waals surface area contributed by atoms with Crippen LogP contribution in [-0.4, -0.2) is 10.4 Å². The summed E-state index contributed by atoms with van der Waals surface area (Å²) in [5.41, 5.74) is 3.53. The lowest BCUT2D eigenvalue weighted by atomic mass is 9.76. The molecule has 0 fully saturated rings. The summed E-state index contributed by atoms with van der Waals surface area (Å²) in [6.45, 7) is 0. The molecular formula is C24H17ClFN3OS. The van der Waals surface area contributed by atoms with Crippen molar-refractivity contribution in [2.24, 2.45) is 0 Å². The summed E-state index contributed by atoms with van der Waals surface area (Å²) in [4.78, 5) is 15.1. The molecule has 2 aliphatic rings. The van der Waals surface area contributed by atoms with Gasteiger partial charge in [-0.3, -0.25) is 9.69 Å². The van der Waals surface area contributed by atoms with Crippen molar-refractivity contribution in [3.05, 3.63) is 92.8 Å². The van der Waals surface area contributed by atoms with Crippen LogP contribution in [0.5, 0.6) is 0 Å². The summed E-state index contributed by atoms with van der Waals surface area (Å²) in [5.74, 6) is -0.252. The second-order valence-corrected chi connectivity index (χ2v) is 8.69. The molecule has 0 amide bonds. The van der Waals surface area contributed by atoms with Gasteiger partial charge in [0.1, 0.15) is 11.6 Å². The smallest absolute Gasteiger partial charge is 0.161 e. The Morgan fingerprint density at radius 3 is 2.68 bits per heavy atom. The summed E-state index contributed by atoms with van der Waals surface area (Å²) in [6.07, 6.45) is 5.59. The molecule has 154 valence electrons. The van der Waals surface area contributed by atoms with Crippen LogP contribution in [0.3, 0.4) is 0 Å². The minimum Gasteiger partial charge on any atom is -0.309 e. The number of thiophene rings is 1. The third-order valence-electron chi connectivity index (χ3n) is 5.74. The van der Waals surface area contributed by atoms with Crippen molar-refractivity contribution in [3.8, 4) is 6.07 Å². The van der Waals surface area contributed by atoms with Crippen LogP contribution in [0.25, 0.3) is 5.82 Å². The highest BCUT2D eigenvalue weighted by atomic mass is 35.5. The van der Waals surface area contributed by atoms with Crippen LogP contribution in [0, 0.1) is 17.1 Å². The van der Waals surface area contributed by atoms with Gasteiger partial charge < -0.3 is 4.57 Å². The maximum absolute atomic E-state index is 13.9. The molecule has 3 aromatic rings. The third kappa shape index (κ3) is 3.21. The van der Waals surface area contributed by atoms with Crippen molar-refractivity contribution < 1.29 is 9.18 Å². The number of carbonyl (C=O) groups is 1. The number of allylic oxidation sites excluding steroid dienone is 3. The lowest BCUT2D eigenvalue weighted by molar-refractivity contribution is -0.116. The fourth-order valence-electron chi connectivity index (χ4n) is 4.45. The molecular weight excluding hydrogens is 433 g/mol. The van der Waals surface area contributed by atoms with Crippen LogP contribution in [-0.2, 0) is 4.79 Å². The summed E-state index contributed by atoms with van der Waals surface area (Å²) < 4.78 is 15.8. The molecule has 31 heavy (non-hydrogen) atoms. The van der Waals surface area contributed by atoms with Crippen molar-refractivity contribution in [2.45, 2.75) is 25.2 Å². The van der Waals surface area contributed by atoms with Gasteiger partial charge in [-0.15, -0.1) is 0 Å². The van der Waals surface area contributed by atoms with E-state index in [0.29, 0.717) is 35.5 Å². The Labute approximate surface area is 188 Å². The second-order valence-electron chi connectivity index (χ2n) is 7.50. The van der Waals surface area contributed by atoms with Gasteiger partial charge >= 0.3 is 0 Å². The van der Waals surface area contributed by atoms with Gasteiger partial charge in [-0.25, -0.2) is 4.39 Å². The van der Waals surface area contributed by atoms with E-state index in [4.69, 9.17) is 11.6 Å². The number of anilines is 1. The number of nitrogens with zero attached hydrogens (tertiary/aromatic N) is 3. The highest BCUT2D eigenvalue weighted by molar-refractivity contribution is 7.08. The normalized spacial score (nSPS) is 18.9. The van der Waals surface area contributed by atoms with E-state index in [1.54, 1.807) is 23.5 Å². The molecule has 5 rings (SSSR count). The van der Waals surface area contributed by atoms with Gasteiger partial charge in [0.2, 0.25) is 0 Å². The molecule has 0 spiro atoms.